The molecule has 0 atom stereocenters. The summed E-state index contributed by atoms with van der Waals surface area (Å²) in [6, 6.07) is 0. The first-order chi connectivity index (χ1) is 6.93. The third-order valence-corrected chi connectivity index (χ3v) is 1.36. The van der Waals surface area contributed by atoms with E-state index in [2.05, 4.69) is 4.98 Å². The highest BCUT2D eigenvalue weighted by Gasteiger charge is 2.20. The molecule has 0 aliphatic carbocycles. The molecule has 0 aromatic carbocycles. The van der Waals surface area contributed by atoms with Crippen molar-refractivity contribution in [1.29, 1.82) is 0 Å². The van der Waals surface area contributed by atoms with Crippen LogP contribution in [-0.4, -0.2) is 10.9 Å². The van der Waals surface area contributed by atoms with Crippen molar-refractivity contribution in [2.45, 2.75) is 6.92 Å². The van der Waals surface area contributed by atoms with Crippen molar-refractivity contribution in [3.8, 4) is 0 Å². The number of carbonyl (C=O) groups is 1. The number of hydrogen-bond acceptors (Lipinski definition) is 3. The van der Waals surface area contributed by atoms with Crippen LogP contribution in [-0.2, 0) is 4.79 Å². The first kappa shape index (κ1) is 11.2. The number of halogens is 4. The predicted molar refractivity (Wildman–Crippen MR) is 41.5 cm³/mol. The van der Waals surface area contributed by atoms with Gasteiger partial charge in [0.1, 0.15) is 5.69 Å². The van der Waals surface area contributed by atoms with E-state index in [-0.39, 0.29) is 0 Å². The van der Waals surface area contributed by atoms with Gasteiger partial charge < -0.3 is 0 Å². The maximum absolute atomic E-state index is 12.8. The summed E-state index contributed by atoms with van der Waals surface area (Å²) in [5.74, 6) is -7.74. The lowest BCUT2D eigenvalue weighted by atomic mass is 10.4. The van der Waals surface area contributed by atoms with E-state index in [1.807, 2.05) is 0 Å². The second-order valence-corrected chi connectivity index (χ2v) is 2.50. The third kappa shape index (κ3) is 2.33. The fraction of sp³-hybridized carbons (Fsp3) is 0.143. The number of pyridine rings is 1. The summed E-state index contributed by atoms with van der Waals surface area (Å²) in [7, 11) is 0. The molecule has 0 radical (unpaired) electrons. The Labute approximate surface area is 81.3 Å². The van der Waals surface area contributed by atoms with Crippen molar-refractivity contribution in [3.63, 3.8) is 0 Å². The van der Waals surface area contributed by atoms with Crippen LogP contribution >= 0.6 is 0 Å². The van der Waals surface area contributed by atoms with Gasteiger partial charge in [0.2, 0.25) is 17.5 Å². The minimum absolute atomic E-state index is 0.688. The number of hydrazine groups is 1. The quantitative estimate of drug-likeness (QED) is 0.448. The van der Waals surface area contributed by atoms with E-state index < -0.39 is 35.1 Å². The normalized spacial score (nSPS) is 9.93. The Kier molecular flexibility index (Phi) is 3.08. The first-order valence-electron chi connectivity index (χ1n) is 3.66. The number of aromatic nitrogens is 1. The molecule has 0 unspecified atom stereocenters. The number of nitrogens with zero attached hydrogens (tertiary/aromatic N) is 1. The van der Waals surface area contributed by atoms with E-state index in [1.165, 1.54) is 0 Å². The molecule has 82 valence electrons. The Morgan fingerprint density at radius 2 is 1.60 bits per heavy atom. The molecule has 0 saturated carbocycles. The van der Waals surface area contributed by atoms with E-state index in [0.717, 1.165) is 6.92 Å². The number of rotatable bonds is 2. The molecule has 0 saturated heterocycles. The van der Waals surface area contributed by atoms with Crippen molar-refractivity contribution in [3.05, 3.63) is 23.5 Å². The molecule has 1 amide bonds. The fourth-order valence-electron chi connectivity index (χ4n) is 0.747. The van der Waals surface area contributed by atoms with E-state index in [4.69, 9.17) is 0 Å². The van der Waals surface area contributed by atoms with E-state index >= 15 is 0 Å². The number of nitrogens with one attached hydrogen (secondary N) is 2. The predicted octanol–water partition coefficient (Wildman–Crippen LogP) is 1.10. The second kappa shape index (κ2) is 4.11. The lowest BCUT2D eigenvalue weighted by molar-refractivity contribution is -0.118. The van der Waals surface area contributed by atoms with Crippen molar-refractivity contribution < 1.29 is 22.4 Å². The van der Waals surface area contributed by atoms with Crippen LogP contribution in [0.1, 0.15) is 6.92 Å². The molecule has 1 aromatic heterocycles. The molecule has 0 aliphatic rings. The minimum atomic E-state index is -1.80. The van der Waals surface area contributed by atoms with Gasteiger partial charge in [-0.25, -0.2) is 0 Å². The van der Waals surface area contributed by atoms with E-state index in [1.54, 1.807) is 10.9 Å². The summed E-state index contributed by atoms with van der Waals surface area (Å²) in [5, 5.41) is 0. The molecule has 8 heteroatoms. The molecule has 0 fully saturated rings. The fourth-order valence-corrected chi connectivity index (χ4v) is 0.747. The largest absolute Gasteiger partial charge is 0.293 e. The molecule has 0 bridgehead atoms. The van der Waals surface area contributed by atoms with Gasteiger partial charge in [0, 0.05) is 6.92 Å². The van der Waals surface area contributed by atoms with Crippen molar-refractivity contribution in [2.24, 2.45) is 0 Å². The average Bonchev–Trinajstić information content (AvgIpc) is 2.14. The number of amides is 1. The van der Waals surface area contributed by atoms with Crippen LogP contribution in [0, 0.1) is 23.5 Å². The maximum atomic E-state index is 12.8. The number of hydrogen-bond donors (Lipinski definition) is 2. The van der Waals surface area contributed by atoms with Gasteiger partial charge >= 0.3 is 0 Å². The molecule has 1 aromatic rings. The zero-order valence-electron chi connectivity index (χ0n) is 7.37. The highest BCUT2D eigenvalue weighted by molar-refractivity contribution is 5.74. The standard InChI is InChI=1S/C7H5F4N3O/c1-2(15)13-14-5-3(8)6(10)12-7(11)4(5)9/h1H3,(H,12,14)(H,13,15). The van der Waals surface area contributed by atoms with E-state index in [9.17, 15) is 22.4 Å². The van der Waals surface area contributed by atoms with Gasteiger partial charge in [0.05, 0.1) is 0 Å². The Bertz CT molecular complexity index is 383. The molecular formula is C7H5F4N3O. The number of anilines is 1. The molecule has 1 heterocycles. The van der Waals surface area contributed by atoms with Crippen molar-refractivity contribution in [1.82, 2.24) is 10.4 Å². The summed E-state index contributed by atoms with van der Waals surface area (Å²) < 4.78 is 50.7. The Balaban J connectivity index is 3.09. The molecular weight excluding hydrogens is 218 g/mol. The van der Waals surface area contributed by atoms with E-state index in [0.29, 0.717) is 0 Å². The smallest absolute Gasteiger partial charge is 0.254 e. The molecule has 4 nitrogen and oxygen atoms in total. The number of carbonyl (C=O) groups excluding carboxylic acids is 1. The lowest BCUT2D eigenvalue weighted by Gasteiger charge is -2.08. The first-order valence-corrected chi connectivity index (χ1v) is 3.66. The van der Waals surface area contributed by atoms with Crippen LogP contribution in [0.15, 0.2) is 0 Å². The molecule has 1 rings (SSSR count). The highest BCUT2D eigenvalue weighted by atomic mass is 19.2. The molecule has 0 aliphatic heterocycles. The maximum Gasteiger partial charge on any atom is 0.254 e. The Morgan fingerprint density at radius 3 is 2.00 bits per heavy atom. The Morgan fingerprint density at radius 1 is 1.13 bits per heavy atom. The van der Waals surface area contributed by atoms with Gasteiger partial charge in [-0.05, 0) is 0 Å². The molecule has 15 heavy (non-hydrogen) atoms. The van der Waals surface area contributed by atoms with Crippen LogP contribution < -0.4 is 10.9 Å². The van der Waals surface area contributed by atoms with Crippen molar-refractivity contribution >= 4 is 11.6 Å². The van der Waals surface area contributed by atoms with Crippen LogP contribution in [0.5, 0.6) is 0 Å². The summed E-state index contributed by atoms with van der Waals surface area (Å²) in [6.07, 6.45) is 0. The SMILES string of the molecule is CC(=O)NNc1c(F)c(F)nc(F)c1F. The average molecular weight is 223 g/mol. The van der Waals surface area contributed by atoms with Gasteiger partial charge in [-0.3, -0.25) is 15.6 Å². The monoisotopic (exact) mass is 223 g/mol. The van der Waals surface area contributed by atoms with Crippen LogP contribution in [0.4, 0.5) is 23.2 Å². The third-order valence-electron chi connectivity index (χ3n) is 1.36. The highest BCUT2D eigenvalue weighted by Crippen LogP contribution is 2.20. The topological polar surface area (TPSA) is 54.0 Å². The Hall–Kier alpha value is -1.86. The summed E-state index contributed by atoms with van der Waals surface area (Å²) in [5.41, 5.74) is 2.32. The van der Waals surface area contributed by atoms with Crippen LogP contribution in [0.25, 0.3) is 0 Å². The van der Waals surface area contributed by atoms with Crippen LogP contribution in [0.3, 0.4) is 0 Å². The zero-order valence-corrected chi connectivity index (χ0v) is 7.37. The van der Waals surface area contributed by atoms with Crippen LogP contribution in [0.2, 0.25) is 0 Å². The van der Waals surface area contributed by atoms with Crippen molar-refractivity contribution in [2.75, 3.05) is 5.43 Å². The minimum Gasteiger partial charge on any atom is -0.293 e. The van der Waals surface area contributed by atoms with Gasteiger partial charge in [0.25, 0.3) is 11.9 Å². The lowest BCUT2D eigenvalue weighted by Crippen LogP contribution is -2.28. The molecule has 0 spiro atoms. The summed E-state index contributed by atoms with van der Waals surface area (Å²) >= 11 is 0. The second-order valence-electron chi connectivity index (χ2n) is 2.50. The van der Waals surface area contributed by atoms with Gasteiger partial charge in [-0.1, -0.05) is 0 Å². The summed E-state index contributed by atoms with van der Waals surface area (Å²) in [4.78, 5) is 12.7. The van der Waals surface area contributed by atoms with Gasteiger partial charge in [-0.15, -0.1) is 0 Å². The summed E-state index contributed by atoms with van der Waals surface area (Å²) in [6.45, 7) is 1.04. The zero-order chi connectivity index (χ0) is 11.6. The van der Waals surface area contributed by atoms with Gasteiger partial charge in [0.15, 0.2) is 0 Å². The molecule has 2 N–H and O–H groups in total. The van der Waals surface area contributed by atoms with Gasteiger partial charge in [-0.2, -0.15) is 22.5 Å².